The molecule has 5 nitrogen and oxygen atoms in total. The average molecular weight is 212 g/mol. The molecule has 1 unspecified atom stereocenters. The van der Waals surface area contributed by atoms with Crippen molar-refractivity contribution in [3.8, 4) is 0 Å². The van der Waals surface area contributed by atoms with Gasteiger partial charge in [-0.2, -0.15) is 0 Å². The van der Waals surface area contributed by atoms with E-state index in [9.17, 15) is 9.59 Å². The molecule has 0 aliphatic carbocycles. The number of hydrogen-bond donors (Lipinski definition) is 1. The number of carbonyl (C=O) groups excluding carboxylic acids is 2. The predicted octanol–water partition coefficient (Wildman–Crippen LogP) is -0.629. The molecule has 84 valence electrons. The first-order chi connectivity index (χ1) is 7.12. The Morgan fingerprint density at radius 3 is 2.67 bits per heavy atom. The van der Waals surface area contributed by atoms with Crippen LogP contribution in [0.15, 0.2) is 0 Å². The fourth-order valence-corrected chi connectivity index (χ4v) is 2.07. The van der Waals surface area contributed by atoms with Gasteiger partial charge >= 0.3 is 0 Å². The van der Waals surface area contributed by atoms with Gasteiger partial charge in [0.1, 0.15) is 0 Å². The van der Waals surface area contributed by atoms with Crippen molar-refractivity contribution in [3.63, 3.8) is 0 Å². The molecule has 2 saturated heterocycles. The van der Waals surface area contributed by atoms with E-state index in [0.717, 1.165) is 0 Å². The molecule has 0 aromatic heterocycles. The smallest absolute Gasteiger partial charge is 0.230 e. The summed E-state index contributed by atoms with van der Waals surface area (Å²) in [5.41, 5.74) is -0.547. The normalized spacial score (nSPS) is 31.5. The summed E-state index contributed by atoms with van der Waals surface area (Å²) in [4.78, 5) is 25.1. The van der Waals surface area contributed by atoms with E-state index in [4.69, 9.17) is 4.74 Å². The molecule has 0 spiro atoms. The topological polar surface area (TPSA) is 58.6 Å². The summed E-state index contributed by atoms with van der Waals surface area (Å²) in [7, 11) is 0. The lowest BCUT2D eigenvalue weighted by molar-refractivity contribution is -0.145. The first-order valence-corrected chi connectivity index (χ1v) is 5.26. The van der Waals surface area contributed by atoms with Crippen LogP contribution in [0.25, 0.3) is 0 Å². The summed E-state index contributed by atoms with van der Waals surface area (Å²) in [6.45, 7) is 4.79. The van der Waals surface area contributed by atoms with Crippen molar-refractivity contribution in [2.75, 3.05) is 32.8 Å². The molecule has 0 aromatic carbocycles. The van der Waals surface area contributed by atoms with Gasteiger partial charge in [-0.05, 0) is 6.92 Å². The zero-order valence-electron chi connectivity index (χ0n) is 8.91. The van der Waals surface area contributed by atoms with Gasteiger partial charge in [0.15, 0.2) is 0 Å². The molecule has 2 fully saturated rings. The zero-order chi connectivity index (χ0) is 10.9. The van der Waals surface area contributed by atoms with E-state index in [2.05, 4.69) is 5.32 Å². The Morgan fingerprint density at radius 2 is 2.13 bits per heavy atom. The number of rotatable bonds is 1. The van der Waals surface area contributed by atoms with E-state index < -0.39 is 5.41 Å². The van der Waals surface area contributed by atoms with Crippen LogP contribution in [-0.2, 0) is 14.3 Å². The van der Waals surface area contributed by atoms with Gasteiger partial charge in [-0.1, -0.05) is 0 Å². The van der Waals surface area contributed by atoms with Gasteiger partial charge in [0.05, 0.1) is 18.6 Å². The van der Waals surface area contributed by atoms with E-state index in [-0.39, 0.29) is 11.8 Å². The Bertz CT molecular complexity index is 286. The molecule has 1 N–H and O–H groups in total. The second-order valence-corrected chi connectivity index (χ2v) is 4.42. The molecule has 2 heterocycles. The minimum Gasteiger partial charge on any atom is -0.378 e. The van der Waals surface area contributed by atoms with Gasteiger partial charge < -0.3 is 15.0 Å². The second-order valence-electron chi connectivity index (χ2n) is 4.42. The number of nitrogens with one attached hydrogen (secondary N) is 1. The molecule has 5 heteroatoms. The number of amides is 2. The van der Waals surface area contributed by atoms with Crippen molar-refractivity contribution < 1.29 is 14.3 Å². The summed E-state index contributed by atoms with van der Waals surface area (Å²) < 4.78 is 5.19. The van der Waals surface area contributed by atoms with E-state index >= 15 is 0 Å². The summed E-state index contributed by atoms with van der Waals surface area (Å²) in [5, 5.41) is 2.71. The molecule has 2 aliphatic heterocycles. The Kier molecular flexibility index (Phi) is 2.65. The Morgan fingerprint density at radius 1 is 1.47 bits per heavy atom. The third kappa shape index (κ3) is 1.97. The highest BCUT2D eigenvalue weighted by Crippen LogP contribution is 2.28. The Hall–Kier alpha value is -1.10. The largest absolute Gasteiger partial charge is 0.378 e. The van der Waals surface area contributed by atoms with Crippen LogP contribution in [0.3, 0.4) is 0 Å². The third-order valence-electron chi connectivity index (χ3n) is 3.04. The predicted molar refractivity (Wildman–Crippen MR) is 53.1 cm³/mol. The fourth-order valence-electron chi connectivity index (χ4n) is 2.07. The molecule has 2 aliphatic rings. The van der Waals surface area contributed by atoms with Gasteiger partial charge in [-0.3, -0.25) is 9.59 Å². The lowest BCUT2D eigenvalue weighted by Gasteiger charge is -2.33. The standard InChI is InChI=1S/C10H16N2O3/c1-10(6-8(13)11-7-10)9(14)12-2-4-15-5-3-12/h2-7H2,1H3,(H,11,13). The summed E-state index contributed by atoms with van der Waals surface area (Å²) in [5.74, 6) is 0.0447. The molecule has 0 radical (unpaired) electrons. The maximum absolute atomic E-state index is 12.1. The average Bonchev–Trinajstić information content (AvgIpc) is 2.60. The number of hydrogen-bond acceptors (Lipinski definition) is 3. The highest BCUT2D eigenvalue weighted by molar-refractivity contribution is 5.92. The van der Waals surface area contributed by atoms with Crippen molar-refractivity contribution >= 4 is 11.8 Å². The van der Waals surface area contributed by atoms with Crippen LogP contribution in [0.2, 0.25) is 0 Å². The number of morpholine rings is 1. The maximum atomic E-state index is 12.1. The lowest BCUT2D eigenvalue weighted by atomic mass is 9.88. The Labute approximate surface area is 88.8 Å². The van der Waals surface area contributed by atoms with Crippen molar-refractivity contribution in [1.29, 1.82) is 0 Å². The van der Waals surface area contributed by atoms with Crippen LogP contribution in [0, 0.1) is 5.41 Å². The first kappa shape index (κ1) is 10.4. The maximum Gasteiger partial charge on any atom is 0.230 e. The molecular formula is C10H16N2O3. The SMILES string of the molecule is CC1(C(=O)N2CCOCC2)CNC(=O)C1. The second kappa shape index (κ2) is 3.81. The third-order valence-corrected chi connectivity index (χ3v) is 3.04. The minimum absolute atomic E-state index is 0.0286. The van der Waals surface area contributed by atoms with E-state index in [1.807, 2.05) is 6.92 Å². The molecule has 15 heavy (non-hydrogen) atoms. The van der Waals surface area contributed by atoms with Gasteiger partial charge in [0.2, 0.25) is 11.8 Å². The molecule has 2 rings (SSSR count). The van der Waals surface area contributed by atoms with Crippen molar-refractivity contribution in [2.24, 2.45) is 5.41 Å². The molecule has 0 bridgehead atoms. The monoisotopic (exact) mass is 212 g/mol. The van der Waals surface area contributed by atoms with Gasteiger partial charge in [0, 0.05) is 26.1 Å². The molecule has 1 atom stereocenters. The van der Waals surface area contributed by atoms with Crippen molar-refractivity contribution in [2.45, 2.75) is 13.3 Å². The van der Waals surface area contributed by atoms with E-state index in [1.165, 1.54) is 0 Å². The van der Waals surface area contributed by atoms with E-state index in [1.54, 1.807) is 4.90 Å². The first-order valence-electron chi connectivity index (χ1n) is 5.26. The minimum atomic E-state index is -0.547. The van der Waals surface area contributed by atoms with Crippen LogP contribution in [-0.4, -0.2) is 49.6 Å². The van der Waals surface area contributed by atoms with Gasteiger partial charge in [-0.25, -0.2) is 0 Å². The molecule has 2 amide bonds. The highest BCUT2D eigenvalue weighted by Gasteiger charge is 2.43. The zero-order valence-corrected chi connectivity index (χ0v) is 8.91. The van der Waals surface area contributed by atoms with Crippen molar-refractivity contribution in [3.05, 3.63) is 0 Å². The summed E-state index contributed by atoms with van der Waals surface area (Å²) >= 11 is 0. The Balaban J connectivity index is 2.02. The van der Waals surface area contributed by atoms with Crippen LogP contribution in [0.1, 0.15) is 13.3 Å². The number of carbonyl (C=O) groups is 2. The van der Waals surface area contributed by atoms with Crippen LogP contribution < -0.4 is 5.32 Å². The van der Waals surface area contributed by atoms with Crippen LogP contribution in [0.5, 0.6) is 0 Å². The lowest BCUT2D eigenvalue weighted by Crippen LogP contribution is -2.48. The number of ether oxygens (including phenoxy) is 1. The fraction of sp³-hybridized carbons (Fsp3) is 0.800. The van der Waals surface area contributed by atoms with Crippen LogP contribution >= 0.6 is 0 Å². The molecule has 0 saturated carbocycles. The highest BCUT2D eigenvalue weighted by atomic mass is 16.5. The van der Waals surface area contributed by atoms with Crippen LogP contribution in [0.4, 0.5) is 0 Å². The summed E-state index contributed by atoms with van der Waals surface area (Å²) in [6, 6.07) is 0. The quantitative estimate of drug-likeness (QED) is 0.629. The molecular weight excluding hydrogens is 196 g/mol. The van der Waals surface area contributed by atoms with E-state index in [0.29, 0.717) is 39.3 Å². The molecule has 0 aromatic rings. The summed E-state index contributed by atoms with van der Waals surface area (Å²) in [6.07, 6.45) is 0.309. The number of nitrogens with zero attached hydrogens (tertiary/aromatic N) is 1. The van der Waals surface area contributed by atoms with Gasteiger partial charge in [0.25, 0.3) is 0 Å². The van der Waals surface area contributed by atoms with Gasteiger partial charge in [-0.15, -0.1) is 0 Å². The van der Waals surface area contributed by atoms with Crippen molar-refractivity contribution in [1.82, 2.24) is 10.2 Å².